The van der Waals surface area contributed by atoms with Gasteiger partial charge in [-0.25, -0.2) is 0 Å². The number of hydrogen-bond acceptors (Lipinski definition) is 3. The Morgan fingerprint density at radius 2 is 2.60 bits per heavy atom. The van der Waals surface area contributed by atoms with Crippen LogP contribution in [-0.2, 0) is 9.53 Å². The molecule has 1 heterocycles. The number of ether oxygens (including phenoxy) is 1. The van der Waals surface area contributed by atoms with Crippen molar-refractivity contribution in [2.45, 2.75) is 17.6 Å². The van der Waals surface area contributed by atoms with Gasteiger partial charge in [0.05, 0.1) is 11.4 Å². The Hall–Kier alpha value is -0.0200. The van der Waals surface area contributed by atoms with Crippen LogP contribution in [0.4, 0.5) is 0 Å². The first-order chi connectivity index (χ1) is 4.83. The third kappa shape index (κ3) is 1.52. The number of methoxy groups -OCH3 is 1. The molecule has 0 amide bonds. The third-order valence-corrected chi connectivity index (χ3v) is 3.22. The zero-order valence-electron chi connectivity index (χ0n) is 6.13. The maximum absolute atomic E-state index is 10.6. The molecular weight excluding hydrogens is 148 g/mol. The predicted octanol–water partition coefficient (Wildman–Crippen LogP) is 1.10. The van der Waals surface area contributed by atoms with Crippen molar-refractivity contribution in [3.63, 3.8) is 0 Å². The van der Waals surface area contributed by atoms with Gasteiger partial charge in [-0.1, -0.05) is 0 Å². The minimum atomic E-state index is -0.200. The van der Waals surface area contributed by atoms with E-state index in [9.17, 15) is 4.79 Å². The predicted molar refractivity (Wildman–Crippen MR) is 42.4 cm³/mol. The van der Waals surface area contributed by atoms with Crippen LogP contribution in [-0.4, -0.2) is 30.5 Å². The van der Waals surface area contributed by atoms with Gasteiger partial charge in [0, 0.05) is 7.11 Å². The van der Waals surface area contributed by atoms with Crippen LogP contribution in [0.2, 0.25) is 0 Å². The second-order valence-corrected chi connectivity index (χ2v) is 4.08. The standard InChI is InChI=1S/C7H12O2S/c1-9-6-7(5-8)3-2-4-10-7/h5H,2-4,6H2,1H3. The van der Waals surface area contributed by atoms with E-state index < -0.39 is 0 Å². The molecule has 1 unspecified atom stereocenters. The van der Waals surface area contributed by atoms with Gasteiger partial charge in [-0.15, -0.1) is 11.8 Å². The first-order valence-corrected chi connectivity index (χ1v) is 4.41. The monoisotopic (exact) mass is 160 g/mol. The third-order valence-electron chi connectivity index (χ3n) is 1.74. The van der Waals surface area contributed by atoms with Crippen molar-refractivity contribution in [3.8, 4) is 0 Å². The molecule has 0 bridgehead atoms. The van der Waals surface area contributed by atoms with Crippen molar-refractivity contribution in [1.82, 2.24) is 0 Å². The average molecular weight is 160 g/mol. The number of carbonyl (C=O) groups excluding carboxylic acids is 1. The van der Waals surface area contributed by atoms with Gasteiger partial charge < -0.3 is 9.53 Å². The van der Waals surface area contributed by atoms with Gasteiger partial charge >= 0.3 is 0 Å². The minimum Gasteiger partial charge on any atom is -0.383 e. The van der Waals surface area contributed by atoms with E-state index in [1.807, 2.05) is 0 Å². The fourth-order valence-corrected chi connectivity index (χ4v) is 2.46. The molecule has 1 aliphatic rings. The van der Waals surface area contributed by atoms with Crippen LogP contribution in [0.1, 0.15) is 12.8 Å². The Bertz CT molecular complexity index is 119. The van der Waals surface area contributed by atoms with Crippen LogP contribution in [0.15, 0.2) is 0 Å². The summed E-state index contributed by atoms with van der Waals surface area (Å²) in [6, 6.07) is 0. The highest BCUT2D eigenvalue weighted by atomic mass is 32.2. The number of aldehydes is 1. The van der Waals surface area contributed by atoms with E-state index in [4.69, 9.17) is 4.74 Å². The van der Waals surface area contributed by atoms with Gasteiger partial charge in [0.2, 0.25) is 0 Å². The normalized spacial score (nSPS) is 32.5. The molecule has 1 fully saturated rings. The fourth-order valence-electron chi connectivity index (χ4n) is 1.20. The smallest absolute Gasteiger partial charge is 0.138 e. The van der Waals surface area contributed by atoms with Crippen molar-refractivity contribution in [2.24, 2.45) is 0 Å². The molecule has 1 atom stereocenters. The molecule has 0 spiro atoms. The number of hydrogen-bond donors (Lipinski definition) is 0. The molecule has 0 aromatic rings. The van der Waals surface area contributed by atoms with E-state index in [1.54, 1.807) is 18.9 Å². The van der Waals surface area contributed by atoms with E-state index in [-0.39, 0.29) is 4.75 Å². The summed E-state index contributed by atoms with van der Waals surface area (Å²) in [5.74, 6) is 1.10. The first-order valence-electron chi connectivity index (χ1n) is 3.42. The molecule has 2 nitrogen and oxygen atoms in total. The molecule has 1 aliphatic heterocycles. The number of rotatable bonds is 3. The topological polar surface area (TPSA) is 26.3 Å². The van der Waals surface area contributed by atoms with Crippen LogP contribution in [0, 0.1) is 0 Å². The zero-order chi connectivity index (χ0) is 7.45. The molecule has 1 rings (SSSR count). The van der Waals surface area contributed by atoms with Crippen LogP contribution in [0.5, 0.6) is 0 Å². The van der Waals surface area contributed by atoms with Crippen molar-refractivity contribution >= 4 is 18.0 Å². The maximum atomic E-state index is 10.6. The fraction of sp³-hybridized carbons (Fsp3) is 0.857. The summed E-state index contributed by atoms with van der Waals surface area (Å²) in [4.78, 5) is 10.6. The molecule has 58 valence electrons. The number of thioether (sulfide) groups is 1. The van der Waals surface area contributed by atoms with Gasteiger partial charge in [-0.05, 0) is 18.6 Å². The van der Waals surface area contributed by atoms with Crippen molar-refractivity contribution in [1.29, 1.82) is 0 Å². The van der Waals surface area contributed by atoms with E-state index in [0.717, 1.165) is 24.9 Å². The summed E-state index contributed by atoms with van der Waals surface area (Å²) in [6.07, 6.45) is 3.16. The molecule has 0 aliphatic carbocycles. The van der Waals surface area contributed by atoms with E-state index in [1.165, 1.54) is 0 Å². The summed E-state index contributed by atoms with van der Waals surface area (Å²) in [5, 5.41) is 0. The van der Waals surface area contributed by atoms with Gasteiger partial charge in [-0.2, -0.15) is 0 Å². The Balaban J connectivity index is 2.49. The summed E-state index contributed by atoms with van der Waals surface area (Å²) in [7, 11) is 1.64. The molecular formula is C7H12O2S. The lowest BCUT2D eigenvalue weighted by Gasteiger charge is -2.18. The Morgan fingerprint density at radius 3 is 3.00 bits per heavy atom. The van der Waals surface area contributed by atoms with Gasteiger partial charge in [0.1, 0.15) is 6.29 Å². The molecule has 0 saturated carbocycles. The lowest BCUT2D eigenvalue weighted by molar-refractivity contribution is -0.111. The second kappa shape index (κ2) is 3.39. The van der Waals surface area contributed by atoms with E-state index in [2.05, 4.69) is 0 Å². The largest absolute Gasteiger partial charge is 0.383 e. The molecule has 0 N–H and O–H groups in total. The molecule has 0 aromatic heterocycles. The minimum absolute atomic E-state index is 0.200. The highest BCUT2D eigenvalue weighted by molar-refractivity contribution is 8.01. The average Bonchev–Trinajstić information content (AvgIpc) is 2.39. The summed E-state index contributed by atoms with van der Waals surface area (Å²) >= 11 is 1.72. The van der Waals surface area contributed by atoms with Crippen LogP contribution in [0.25, 0.3) is 0 Å². The van der Waals surface area contributed by atoms with E-state index >= 15 is 0 Å². The first kappa shape index (κ1) is 8.08. The van der Waals surface area contributed by atoms with Crippen molar-refractivity contribution in [3.05, 3.63) is 0 Å². The maximum Gasteiger partial charge on any atom is 0.138 e. The SMILES string of the molecule is COCC1(C=O)CCCS1. The quantitative estimate of drug-likeness (QED) is 0.578. The molecule has 3 heteroatoms. The Labute approximate surface area is 65.3 Å². The molecule has 0 aromatic carbocycles. The van der Waals surface area contributed by atoms with Gasteiger partial charge in [0.15, 0.2) is 0 Å². The highest BCUT2D eigenvalue weighted by Gasteiger charge is 2.34. The molecule has 1 saturated heterocycles. The van der Waals surface area contributed by atoms with Crippen LogP contribution >= 0.6 is 11.8 Å². The van der Waals surface area contributed by atoms with Crippen molar-refractivity contribution in [2.75, 3.05) is 19.5 Å². The summed E-state index contributed by atoms with van der Waals surface area (Å²) < 4.78 is 4.77. The van der Waals surface area contributed by atoms with Gasteiger partial charge in [0.25, 0.3) is 0 Å². The number of carbonyl (C=O) groups is 1. The molecule has 0 radical (unpaired) electrons. The van der Waals surface area contributed by atoms with Crippen LogP contribution < -0.4 is 0 Å². The van der Waals surface area contributed by atoms with E-state index in [0.29, 0.717) is 6.61 Å². The highest BCUT2D eigenvalue weighted by Crippen LogP contribution is 2.36. The summed E-state index contributed by atoms with van der Waals surface area (Å²) in [5.41, 5.74) is 0. The van der Waals surface area contributed by atoms with Crippen LogP contribution in [0.3, 0.4) is 0 Å². The molecule has 10 heavy (non-hydrogen) atoms. The Morgan fingerprint density at radius 1 is 1.80 bits per heavy atom. The second-order valence-electron chi connectivity index (χ2n) is 2.57. The Kier molecular flexibility index (Phi) is 2.74. The van der Waals surface area contributed by atoms with Gasteiger partial charge in [-0.3, -0.25) is 0 Å². The lowest BCUT2D eigenvalue weighted by Crippen LogP contribution is -2.28. The van der Waals surface area contributed by atoms with Crippen molar-refractivity contribution < 1.29 is 9.53 Å². The summed E-state index contributed by atoms with van der Waals surface area (Å²) in [6.45, 7) is 0.571. The lowest BCUT2D eigenvalue weighted by atomic mass is 10.1. The zero-order valence-corrected chi connectivity index (χ0v) is 6.95.